The molecule has 0 radical (unpaired) electrons. The summed E-state index contributed by atoms with van der Waals surface area (Å²) in [6, 6.07) is 17.1. The fourth-order valence-corrected chi connectivity index (χ4v) is 6.89. The molecular formula is C29H28N4O2. The maximum atomic E-state index is 6.42. The highest BCUT2D eigenvalue weighted by atomic mass is 16.5. The lowest BCUT2D eigenvalue weighted by atomic mass is 9.64. The van der Waals surface area contributed by atoms with Crippen molar-refractivity contribution in [3.05, 3.63) is 93.3 Å². The first-order valence-corrected chi connectivity index (χ1v) is 12.9. The van der Waals surface area contributed by atoms with Crippen LogP contribution < -0.4 is 9.47 Å². The predicted molar refractivity (Wildman–Crippen MR) is 131 cm³/mol. The van der Waals surface area contributed by atoms with E-state index in [1.165, 1.54) is 44.8 Å². The fourth-order valence-electron chi connectivity index (χ4n) is 6.89. The van der Waals surface area contributed by atoms with Gasteiger partial charge in [0, 0.05) is 11.1 Å². The number of nitrogens with zero attached hydrogens (tertiary/aromatic N) is 4. The van der Waals surface area contributed by atoms with Gasteiger partial charge in [0.25, 0.3) is 0 Å². The third-order valence-electron chi connectivity index (χ3n) is 8.57. The van der Waals surface area contributed by atoms with Crippen LogP contribution in [0.25, 0.3) is 0 Å². The number of aromatic nitrogens is 4. The highest BCUT2D eigenvalue weighted by Crippen LogP contribution is 2.52. The van der Waals surface area contributed by atoms with Gasteiger partial charge < -0.3 is 9.47 Å². The second-order valence-electron chi connectivity index (χ2n) is 10.5. The minimum atomic E-state index is -0.148. The van der Waals surface area contributed by atoms with E-state index in [0.29, 0.717) is 13.2 Å². The Bertz CT molecular complexity index is 1370. The summed E-state index contributed by atoms with van der Waals surface area (Å²) in [6.07, 6.45) is 6.49. The number of fused-ring (bicyclic) bond motifs is 10. The molecule has 6 heteroatoms. The molecule has 6 nitrogen and oxygen atoms in total. The van der Waals surface area contributed by atoms with Crippen LogP contribution in [-0.4, -0.2) is 19.6 Å². The lowest BCUT2D eigenvalue weighted by molar-refractivity contribution is 0.279. The van der Waals surface area contributed by atoms with Gasteiger partial charge in [0.15, 0.2) is 0 Å². The molecule has 1 spiro atoms. The van der Waals surface area contributed by atoms with Crippen LogP contribution in [0, 0.1) is 0 Å². The van der Waals surface area contributed by atoms with Gasteiger partial charge in [-0.25, -0.2) is 9.36 Å². The van der Waals surface area contributed by atoms with Gasteiger partial charge in [0.2, 0.25) is 11.8 Å². The molecule has 176 valence electrons. The van der Waals surface area contributed by atoms with Crippen LogP contribution in [-0.2, 0) is 44.6 Å². The Morgan fingerprint density at radius 3 is 1.57 bits per heavy atom. The van der Waals surface area contributed by atoms with Crippen molar-refractivity contribution in [3.63, 3.8) is 0 Å². The molecule has 35 heavy (non-hydrogen) atoms. The van der Waals surface area contributed by atoms with E-state index in [1.807, 2.05) is 0 Å². The van der Waals surface area contributed by atoms with E-state index in [2.05, 4.69) is 57.9 Å². The highest BCUT2D eigenvalue weighted by molar-refractivity contribution is 5.51. The number of hydrogen-bond acceptors (Lipinski definition) is 4. The zero-order valence-corrected chi connectivity index (χ0v) is 19.8. The molecule has 2 aromatic heterocycles. The summed E-state index contributed by atoms with van der Waals surface area (Å²) in [4.78, 5) is 0. The molecule has 0 fully saturated rings. The largest absolute Gasteiger partial charge is 0.473 e. The molecule has 2 aliphatic heterocycles. The minimum absolute atomic E-state index is 0.148. The molecule has 4 aromatic rings. The van der Waals surface area contributed by atoms with Gasteiger partial charge in [-0.15, -0.1) is 0 Å². The summed E-state index contributed by atoms with van der Waals surface area (Å²) in [5, 5.41) is 10.6. The van der Waals surface area contributed by atoms with E-state index in [1.54, 1.807) is 0 Å². The van der Waals surface area contributed by atoms with E-state index >= 15 is 0 Å². The van der Waals surface area contributed by atoms with Crippen molar-refractivity contribution < 1.29 is 9.47 Å². The molecule has 2 aromatic carbocycles. The fraction of sp³-hybridized carbons (Fsp3) is 0.379. The maximum Gasteiger partial charge on any atom is 0.216 e. The molecule has 8 rings (SSSR count). The van der Waals surface area contributed by atoms with Crippen LogP contribution in [0.1, 0.15) is 70.5 Å². The molecule has 4 aliphatic rings. The average molecular weight is 465 g/mol. The quantitative estimate of drug-likeness (QED) is 0.371. The average Bonchev–Trinajstić information content (AvgIpc) is 3.28. The molecule has 0 atom stereocenters. The summed E-state index contributed by atoms with van der Waals surface area (Å²) in [7, 11) is 0. The van der Waals surface area contributed by atoms with E-state index in [-0.39, 0.29) is 5.41 Å². The van der Waals surface area contributed by atoms with Crippen LogP contribution >= 0.6 is 0 Å². The molecule has 0 N–H and O–H groups in total. The van der Waals surface area contributed by atoms with Gasteiger partial charge in [-0.3, -0.25) is 0 Å². The van der Waals surface area contributed by atoms with Crippen LogP contribution in [0.2, 0.25) is 0 Å². The second kappa shape index (κ2) is 7.23. The van der Waals surface area contributed by atoms with E-state index in [9.17, 15) is 0 Å². The van der Waals surface area contributed by atoms with E-state index < -0.39 is 0 Å². The molecule has 0 unspecified atom stereocenters. The molecule has 0 bridgehead atoms. The smallest absolute Gasteiger partial charge is 0.216 e. The van der Waals surface area contributed by atoms with Crippen LogP contribution in [0.4, 0.5) is 0 Å². The Kier molecular flexibility index (Phi) is 4.08. The van der Waals surface area contributed by atoms with Crippen molar-refractivity contribution in [2.24, 2.45) is 0 Å². The lowest BCUT2D eigenvalue weighted by Gasteiger charge is -2.38. The summed E-state index contributed by atoms with van der Waals surface area (Å²) in [6.45, 7) is 2.75. The van der Waals surface area contributed by atoms with E-state index in [4.69, 9.17) is 19.7 Å². The van der Waals surface area contributed by atoms with Gasteiger partial charge in [0.1, 0.15) is 13.2 Å². The summed E-state index contributed by atoms with van der Waals surface area (Å²) < 4.78 is 17.1. The molecule has 0 amide bonds. The first-order chi connectivity index (χ1) is 17.3. The van der Waals surface area contributed by atoms with Crippen molar-refractivity contribution in [3.8, 4) is 11.8 Å². The van der Waals surface area contributed by atoms with Crippen LogP contribution in [0.15, 0.2) is 48.5 Å². The third-order valence-corrected chi connectivity index (χ3v) is 8.57. The Balaban J connectivity index is 1.26. The summed E-state index contributed by atoms with van der Waals surface area (Å²) >= 11 is 0. The zero-order chi connectivity index (χ0) is 23.0. The van der Waals surface area contributed by atoms with Crippen LogP contribution in [0.3, 0.4) is 0 Å². The van der Waals surface area contributed by atoms with Gasteiger partial charge in [-0.05, 0) is 60.8 Å². The third kappa shape index (κ3) is 2.77. The van der Waals surface area contributed by atoms with Gasteiger partial charge in [0.05, 0.1) is 29.9 Å². The Morgan fingerprint density at radius 2 is 1.09 bits per heavy atom. The number of hydrogen-bond donors (Lipinski definition) is 0. The maximum absolute atomic E-state index is 6.42. The van der Waals surface area contributed by atoms with Crippen molar-refractivity contribution in [1.82, 2.24) is 19.6 Å². The lowest BCUT2D eigenvalue weighted by Crippen LogP contribution is -2.36. The second-order valence-corrected chi connectivity index (χ2v) is 10.5. The molecular weight excluding hydrogens is 436 g/mol. The van der Waals surface area contributed by atoms with Crippen LogP contribution in [0.5, 0.6) is 11.8 Å². The summed E-state index contributed by atoms with van der Waals surface area (Å²) in [5.74, 6) is 1.93. The number of benzene rings is 2. The molecule has 0 saturated heterocycles. The predicted octanol–water partition coefficient (Wildman–Crippen LogP) is 4.92. The molecule has 2 aliphatic carbocycles. The van der Waals surface area contributed by atoms with Gasteiger partial charge >= 0.3 is 0 Å². The summed E-state index contributed by atoms with van der Waals surface area (Å²) in [5.41, 5.74) is 9.96. The Hall–Kier alpha value is -3.54. The van der Waals surface area contributed by atoms with Crippen molar-refractivity contribution in [1.29, 1.82) is 0 Å². The first-order valence-electron chi connectivity index (χ1n) is 12.9. The van der Waals surface area contributed by atoms with Gasteiger partial charge in [-0.2, -0.15) is 10.2 Å². The molecule has 0 saturated carbocycles. The normalized spacial score (nSPS) is 19.0. The molecule has 4 heterocycles. The van der Waals surface area contributed by atoms with Crippen molar-refractivity contribution in [2.75, 3.05) is 0 Å². The van der Waals surface area contributed by atoms with Crippen molar-refractivity contribution >= 4 is 0 Å². The first kappa shape index (κ1) is 19.7. The number of rotatable bonds is 0. The SMILES string of the molecule is c1ccc2c(c1)COc1c3c(nn1C2)C1(CCC3)CCCc2c1nn1c2OCc2ccccc2C1. The Morgan fingerprint density at radius 1 is 0.629 bits per heavy atom. The standard InChI is InChI=1S/C29H28N4O2/c1-3-9-21-17-34-27-23-11-5-13-29(25(23)30-32(27)15-19(21)7-1)14-6-12-24-26(29)31-33-16-20-8-2-4-10-22(20)18-35-28(24)33/h1-4,7-10H,5-6,11-18H2. The van der Waals surface area contributed by atoms with E-state index in [0.717, 1.165) is 63.4 Å². The highest BCUT2D eigenvalue weighted by Gasteiger charge is 2.49. The number of ether oxygens (including phenoxy) is 2. The van der Waals surface area contributed by atoms with Gasteiger partial charge in [-0.1, -0.05) is 48.5 Å². The topological polar surface area (TPSA) is 54.1 Å². The zero-order valence-electron chi connectivity index (χ0n) is 19.8. The monoisotopic (exact) mass is 464 g/mol. The van der Waals surface area contributed by atoms with Crippen molar-refractivity contribution in [2.45, 2.75) is 70.2 Å². The minimum Gasteiger partial charge on any atom is -0.473 e. The Labute approximate surface area is 204 Å².